The number of rotatable bonds is 17. The van der Waals surface area contributed by atoms with Gasteiger partial charge in [-0.3, -0.25) is 4.79 Å². The van der Waals surface area contributed by atoms with Crippen molar-refractivity contribution in [3.05, 3.63) is 23.8 Å². The highest BCUT2D eigenvalue weighted by molar-refractivity contribution is 5.76. The lowest BCUT2D eigenvalue weighted by Crippen LogP contribution is -2.43. The van der Waals surface area contributed by atoms with Crippen LogP contribution < -0.4 is 14.8 Å². The van der Waals surface area contributed by atoms with E-state index >= 15 is 0 Å². The third-order valence-electron chi connectivity index (χ3n) is 5.31. The van der Waals surface area contributed by atoms with Crippen LogP contribution in [0.3, 0.4) is 0 Å². The topological polar surface area (TPSA) is 145 Å². The molecule has 0 saturated heterocycles. The molecule has 1 rings (SSSR count). The first kappa shape index (κ1) is 35.5. The number of benzene rings is 1. The molecular formula is C29H45NO11. The van der Waals surface area contributed by atoms with Gasteiger partial charge in [0.05, 0.1) is 26.9 Å². The van der Waals surface area contributed by atoms with Crippen molar-refractivity contribution in [1.29, 1.82) is 0 Å². The first-order valence-electron chi connectivity index (χ1n) is 13.9. The zero-order valence-electron chi connectivity index (χ0n) is 25.2. The van der Waals surface area contributed by atoms with E-state index in [0.717, 1.165) is 19.3 Å². The van der Waals surface area contributed by atoms with E-state index in [4.69, 9.17) is 33.2 Å². The fraction of sp³-hybridized carbons (Fsp3) is 0.655. The molecule has 2 atom stereocenters. The van der Waals surface area contributed by atoms with Gasteiger partial charge in [-0.05, 0) is 49.3 Å². The molecule has 0 radical (unpaired) electrons. The largest absolute Gasteiger partial charge is 0.513 e. The van der Waals surface area contributed by atoms with Gasteiger partial charge in [-0.15, -0.1) is 0 Å². The van der Waals surface area contributed by atoms with Crippen LogP contribution in [0.15, 0.2) is 18.2 Å². The molecule has 0 aliphatic heterocycles. The Morgan fingerprint density at radius 3 is 1.98 bits per heavy atom. The third-order valence-corrected chi connectivity index (χ3v) is 5.31. The molecule has 0 aliphatic carbocycles. The average Bonchev–Trinajstić information content (AvgIpc) is 2.91. The van der Waals surface area contributed by atoms with Crippen LogP contribution in [0.1, 0.15) is 66.4 Å². The van der Waals surface area contributed by atoms with Crippen LogP contribution in [0, 0.1) is 11.8 Å². The number of esters is 1. The lowest BCUT2D eigenvalue weighted by Gasteiger charge is -2.20. The van der Waals surface area contributed by atoms with E-state index in [1.54, 1.807) is 13.0 Å². The van der Waals surface area contributed by atoms with Gasteiger partial charge in [0.2, 0.25) is 0 Å². The summed E-state index contributed by atoms with van der Waals surface area (Å²) in [6, 6.07) is 3.64. The molecule has 0 aromatic heterocycles. The minimum Gasteiger partial charge on any atom is -0.468 e. The molecule has 12 nitrogen and oxygen atoms in total. The van der Waals surface area contributed by atoms with E-state index in [0.29, 0.717) is 5.56 Å². The summed E-state index contributed by atoms with van der Waals surface area (Å²) in [5.74, 6) is -0.540. The Morgan fingerprint density at radius 1 is 0.805 bits per heavy atom. The number of carbonyl (C=O) groups is 4. The Hall–Kier alpha value is -3.54. The fourth-order valence-corrected chi connectivity index (χ4v) is 3.22. The van der Waals surface area contributed by atoms with Crippen LogP contribution in [-0.4, -0.2) is 70.1 Å². The number of ether oxygens (including phenoxy) is 7. The van der Waals surface area contributed by atoms with Gasteiger partial charge >= 0.3 is 24.4 Å². The van der Waals surface area contributed by atoms with Crippen molar-refractivity contribution in [2.45, 2.75) is 79.4 Å². The lowest BCUT2D eigenvalue weighted by molar-refractivity contribution is -0.143. The molecular weight excluding hydrogens is 538 g/mol. The molecule has 41 heavy (non-hydrogen) atoms. The van der Waals surface area contributed by atoms with E-state index in [2.05, 4.69) is 5.32 Å². The SMILES string of the molecule is CCCCCOC(=O)OC(C)CN[C@@H](Cc1ccc(OC(=O)OCC(C)C)c(OC(=O)OCC(C)C)c1)C(=O)OC. The van der Waals surface area contributed by atoms with Crippen LogP contribution in [0.25, 0.3) is 0 Å². The van der Waals surface area contributed by atoms with E-state index in [9.17, 15) is 19.2 Å². The number of unbranched alkanes of at least 4 members (excludes halogenated alkanes) is 2. The van der Waals surface area contributed by atoms with Crippen LogP contribution >= 0.6 is 0 Å². The molecule has 1 unspecified atom stereocenters. The molecule has 1 aromatic carbocycles. The predicted molar refractivity (Wildman–Crippen MR) is 149 cm³/mol. The quantitative estimate of drug-likeness (QED) is 0.108. The normalized spacial score (nSPS) is 12.3. The van der Waals surface area contributed by atoms with Gasteiger partial charge in [0.25, 0.3) is 0 Å². The molecule has 0 fully saturated rings. The van der Waals surface area contributed by atoms with E-state index in [1.807, 2.05) is 34.6 Å². The molecule has 232 valence electrons. The van der Waals surface area contributed by atoms with Gasteiger partial charge in [0.15, 0.2) is 11.5 Å². The average molecular weight is 584 g/mol. The molecule has 0 aliphatic rings. The summed E-state index contributed by atoms with van der Waals surface area (Å²) in [4.78, 5) is 48.8. The van der Waals surface area contributed by atoms with Crippen LogP contribution in [-0.2, 0) is 34.9 Å². The number of hydrogen-bond donors (Lipinski definition) is 1. The summed E-state index contributed by atoms with van der Waals surface area (Å²) in [6.45, 7) is 11.9. The lowest BCUT2D eigenvalue weighted by atomic mass is 10.0. The first-order valence-corrected chi connectivity index (χ1v) is 13.9. The second-order valence-electron chi connectivity index (χ2n) is 10.3. The smallest absolute Gasteiger partial charge is 0.468 e. The van der Waals surface area contributed by atoms with Crippen molar-refractivity contribution in [3.8, 4) is 11.5 Å². The van der Waals surface area contributed by atoms with Crippen molar-refractivity contribution < 1.29 is 52.3 Å². The number of methoxy groups -OCH3 is 1. The minimum absolute atomic E-state index is 0.0638. The van der Waals surface area contributed by atoms with E-state index in [1.165, 1.54) is 19.2 Å². The predicted octanol–water partition coefficient (Wildman–Crippen LogP) is 5.44. The highest BCUT2D eigenvalue weighted by Gasteiger charge is 2.23. The van der Waals surface area contributed by atoms with Crippen LogP contribution in [0.2, 0.25) is 0 Å². The van der Waals surface area contributed by atoms with Crippen molar-refractivity contribution >= 4 is 24.4 Å². The van der Waals surface area contributed by atoms with Gasteiger partial charge in [-0.2, -0.15) is 0 Å². The van der Waals surface area contributed by atoms with Crippen LogP contribution in [0.5, 0.6) is 11.5 Å². The van der Waals surface area contributed by atoms with Gasteiger partial charge in [-0.1, -0.05) is 53.5 Å². The number of nitrogens with one attached hydrogen (secondary N) is 1. The maximum Gasteiger partial charge on any atom is 0.513 e. The second-order valence-corrected chi connectivity index (χ2v) is 10.3. The first-order chi connectivity index (χ1) is 19.4. The Bertz CT molecular complexity index is 964. The Kier molecular flexibility index (Phi) is 16.9. The number of carbonyl (C=O) groups excluding carboxylic acids is 4. The molecule has 0 spiro atoms. The highest BCUT2D eigenvalue weighted by atomic mass is 16.7. The molecule has 1 N–H and O–H groups in total. The van der Waals surface area contributed by atoms with E-state index < -0.39 is 36.6 Å². The molecule has 0 amide bonds. The van der Waals surface area contributed by atoms with Crippen LogP contribution in [0.4, 0.5) is 14.4 Å². The van der Waals surface area contributed by atoms with Gasteiger partial charge in [-0.25, -0.2) is 14.4 Å². The third kappa shape index (κ3) is 15.7. The van der Waals surface area contributed by atoms with Gasteiger partial charge in [0, 0.05) is 6.54 Å². The maximum absolute atomic E-state index is 12.5. The van der Waals surface area contributed by atoms with Crippen molar-refractivity contribution in [2.24, 2.45) is 11.8 Å². The minimum atomic E-state index is -0.980. The summed E-state index contributed by atoms with van der Waals surface area (Å²) in [5.41, 5.74) is 0.548. The summed E-state index contributed by atoms with van der Waals surface area (Å²) < 4.78 is 35.9. The molecule has 0 heterocycles. The van der Waals surface area contributed by atoms with Gasteiger partial charge < -0.3 is 38.5 Å². The monoisotopic (exact) mass is 583 g/mol. The summed E-state index contributed by atoms with van der Waals surface area (Å²) >= 11 is 0. The Morgan fingerprint density at radius 2 is 1.41 bits per heavy atom. The zero-order valence-corrected chi connectivity index (χ0v) is 25.2. The molecule has 0 bridgehead atoms. The van der Waals surface area contributed by atoms with Crippen molar-refractivity contribution in [1.82, 2.24) is 5.32 Å². The molecule has 0 saturated carbocycles. The Balaban J connectivity index is 2.96. The second kappa shape index (κ2) is 19.5. The molecule has 12 heteroatoms. The zero-order chi connectivity index (χ0) is 30.8. The van der Waals surface area contributed by atoms with Crippen molar-refractivity contribution in [3.63, 3.8) is 0 Å². The highest BCUT2D eigenvalue weighted by Crippen LogP contribution is 2.30. The number of hydrogen-bond acceptors (Lipinski definition) is 12. The summed E-state index contributed by atoms with van der Waals surface area (Å²) in [5, 5.41) is 3.02. The van der Waals surface area contributed by atoms with Crippen molar-refractivity contribution in [2.75, 3.05) is 33.5 Å². The fourth-order valence-electron chi connectivity index (χ4n) is 3.22. The van der Waals surface area contributed by atoms with E-state index in [-0.39, 0.29) is 56.1 Å². The molecule has 1 aromatic rings. The maximum atomic E-state index is 12.5. The van der Waals surface area contributed by atoms with Gasteiger partial charge in [0.1, 0.15) is 12.1 Å². The Labute approximate surface area is 242 Å². The summed E-state index contributed by atoms with van der Waals surface area (Å²) in [7, 11) is 1.25. The summed E-state index contributed by atoms with van der Waals surface area (Å²) in [6.07, 6.45) is -0.494. The standard InChI is InChI=1S/C29H45NO11/c1-8-9-10-13-36-27(32)39-21(6)16-30-23(26(31)35-7)14-22-11-12-24(40-28(33)37-17-19(2)3)25(15-22)41-29(34)38-18-20(4)5/h11-12,15,19-21,23,30H,8-10,13-14,16-18H2,1-7H3/t21?,23-/m0/s1.